The topological polar surface area (TPSA) is 37.4 Å². The molecule has 62 valence electrons. The van der Waals surface area contributed by atoms with Crippen LogP contribution in [0.1, 0.15) is 13.3 Å². The van der Waals surface area contributed by atoms with Crippen molar-refractivity contribution < 1.29 is 9.59 Å². The summed E-state index contributed by atoms with van der Waals surface area (Å²) < 4.78 is -0.0321. The van der Waals surface area contributed by atoms with Gasteiger partial charge in [0.2, 0.25) is 11.8 Å². The molecule has 3 nitrogen and oxygen atoms in total. The summed E-state index contributed by atoms with van der Waals surface area (Å²) in [6.45, 7) is 1.93. The van der Waals surface area contributed by atoms with Crippen LogP contribution in [-0.2, 0) is 9.59 Å². The van der Waals surface area contributed by atoms with Gasteiger partial charge in [0.15, 0.2) is 0 Å². The molecule has 0 spiro atoms. The smallest absolute Gasteiger partial charge is 0.242 e. The normalized spacial score (nSPS) is 32.8. The fourth-order valence-corrected chi connectivity index (χ4v) is 1.74. The van der Waals surface area contributed by atoms with Crippen molar-refractivity contribution in [2.24, 2.45) is 5.92 Å². The summed E-state index contributed by atoms with van der Waals surface area (Å²) >= 11 is 2.09. The van der Waals surface area contributed by atoms with Crippen molar-refractivity contribution in [1.82, 2.24) is 4.90 Å². The molecule has 0 saturated carbocycles. The van der Waals surface area contributed by atoms with Gasteiger partial charge in [0.1, 0.15) is 0 Å². The Bertz CT molecular complexity index is 205. The number of rotatable bonds is 0. The lowest BCUT2D eigenvalue weighted by Gasteiger charge is -2.28. The average molecular weight is 267 g/mol. The van der Waals surface area contributed by atoms with Gasteiger partial charge in [-0.15, -0.1) is 0 Å². The van der Waals surface area contributed by atoms with Gasteiger partial charge in [-0.25, -0.2) is 0 Å². The molecule has 1 fully saturated rings. The van der Waals surface area contributed by atoms with Crippen molar-refractivity contribution in [2.45, 2.75) is 17.3 Å². The number of likely N-dealkylation sites (tertiary alicyclic amines) is 1. The Labute approximate surface area is 79.3 Å². The summed E-state index contributed by atoms with van der Waals surface area (Å²) in [5, 5.41) is 0. The maximum atomic E-state index is 11.2. The van der Waals surface area contributed by atoms with Crippen LogP contribution < -0.4 is 0 Å². The van der Waals surface area contributed by atoms with Crippen molar-refractivity contribution in [1.29, 1.82) is 0 Å². The minimum atomic E-state index is -0.0608. The minimum Gasteiger partial charge on any atom is -0.285 e. The first kappa shape index (κ1) is 8.96. The molecule has 0 aromatic heterocycles. The number of nitrogens with zero attached hydrogens (tertiary/aromatic N) is 1. The maximum Gasteiger partial charge on any atom is 0.242 e. The summed E-state index contributed by atoms with van der Waals surface area (Å²) in [5.74, 6) is 0.0663. The molecule has 1 aliphatic rings. The molecule has 0 bridgehead atoms. The van der Waals surface area contributed by atoms with Crippen LogP contribution in [0.25, 0.3) is 0 Å². The van der Waals surface area contributed by atoms with Crippen molar-refractivity contribution in [3.63, 3.8) is 0 Å². The Balaban J connectivity index is 2.79. The number of hydrogen-bond acceptors (Lipinski definition) is 2. The Morgan fingerprint density at radius 3 is 2.64 bits per heavy atom. The number of hydrogen-bond donors (Lipinski definition) is 0. The first-order valence-electron chi connectivity index (χ1n) is 3.48. The van der Waals surface area contributed by atoms with Crippen molar-refractivity contribution in [3.05, 3.63) is 0 Å². The van der Waals surface area contributed by atoms with Crippen LogP contribution in [0.5, 0.6) is 0 Å². The van der Waals surface area contributed by atoms with Crippen molar-refractivity contribution >= 4 is 34.4 Å². The zero-order valence-corrected chi connectivity index (χ0v) is 8.66. The third-order valence-electron chi connectivity index (χ3n) is 1.94. The molecule has 1 saturated heterocycles. The van der Waals surface area contributed by atoms with E-state index in [1.54, 1.807) is 7.05 Å². The quantitative estimate of drug-likeness (QED) is 0.370. The maximum absolute atomic E-state index is 11.2. The summed E-state index contributed by atoms with van der Waals surface area (Å²) in [6.07, 6.45) is 0.496. The number of carbonyl (C=O) groups excluding carboxylic acids is 2. The van der Waals surface area contributed by atoms with Gasteiger partial charge in [-0.1, -0.05) is 29.5 Å². The van der Waals surface area contributed by atoms with Crippen LogP contribution >= 0.6 is 22.6 Å². The van der Waals surface area contributed by atoms with Gasteiger partial charge in [0.05, 0.1) is 3.92 Å². The predicted molar refractivity (Wildman–Crippen MR) is 49.4 cm³/mol. The Kier molecular flexibility index (Phi) is 2.51. The van der Waals surface area contributed by atoms with E-state index in [2.05, 4.69) is 22.6 Å². The number of amides is 2. The van der Waals surface area contributed by atoms with Crippen molar-refractivity contribution in [3.8, 4) is 0 Å². The SMILES string of the molecule is CC1CC(=O)N(C)C(=O)C1I. The lowest BCUT2D eigenvalue weighted by molar-refractivity contribution is -0.146. The fraction of sp³-hybridized carbons (Fsp3) is 0.714. The highest BCUT2D eigenvalue weighted by atomic mass is 127. The number of alkyl halides is 1. The van der Waals surface area contributed by atoms with Crippen LogP contribution in [0, 0.1) is 5.92 Å². The highest BCUT2D eigenvalue weighted by Gasteiger charge is 2.34. The summed E-state index contributed by atoms with van der Waals surface area (Å²) in [7, 11) is 1.54. The molecule has 2 atom stereocenters. The molecule has 0 radical (unpaired) electrons. The number of halogens is 1. The highest BCUT2D eigenvalue weighted by Crippen LogP contribution is 2.24. The van der Waals surface area contributed by atoms with E-state index in [9.17, 15) is 9.59 Å². The van der Waals surface area contributed by atoms with E-state index in [1.165, 1.54) is 4.90 Å². The first-order chi connectivity index (χ1) is 5.04. The van der Waals surface area contributed by atoms with E-state index in [1.807, 2.05) is 6.92 Å². The zero-order valence-electron chi connectivity index (χ0n) is 6.50. The number of piperidine rings is 1. The minimum absolute atomic E-state index is 0.0321. The van der Waals surface area contributed by atoms with Crippen LogP contribution in [-0.4, -0.2) is 27.7 Å². The van der Waals surface area contributed by atoms with Gasteiger partial charge in [-0.3, -0.25) is 14.5 Å². The van der Waals surface area contributed by atoms with Crippen molar-refractivity contribution in [2.75, 3.05) is 7.05 Å². The third-order valence-corrected chi connectivity index (χ3v) is 3.70. The summed E-state index contributed by atoms with van der Waals surface area (Å²) in [6, 6.07) is 0. The molecular weight excluding hydrogens is 257 g/mol. The Morgan fingerprint density at radius 2 is 2.09 bits per heavy atom. The van der Waals surface area contributed by atoms with E-state index in [0.29, 0.717) is 6.42 Å². The van der Waals surface area contributed by atoms with E-state index >= 15 is 0 Å². The second-order valence-electron chi connectivity index (χ2n) is 2.87. The molecule has 2 amide bonds. The molecule has 0 aromatic carbocycles. The first-order valence-corrected chi connectivity index (χ1v) is 4.73. The van der Waals surface area contributed by atoms with Gasteiger partial charge in [-0.2, -0.15) is 0 Å². The van der Waals surface area contributed by atoms with Gasteiger partial charge >= 0.3 is 0 Å². The van der Waals surface area contributed by atoms with Gasteiger partial charge < -0.3 is 0 Å². The molecule has 1 heterocycles. The Hall–Kier alpha value is -0.130. The van der Waals surface area contributed by atoms with E-state index in [-0.39, 0.29) is 21.7 Å². The molecule has 0 aliphatic carbocycles. The van der Waals surface area contributed by atoms with Gasteiger partial charge in [-0.05, 0) is 5.92 Å². The van der Waals surface area contributed by atoms with E-state index in [0.717, 1.165) is 0 Å². The lowest BCUT2D eigenvalue weighted by atomic mass is 9.98. The lowest BCUT2D eigenvalue weighted by Crippen LogP contribution is -2.46. The molecule has 11 heavy (non-hydrogen) atoms. The summed E-state index contributed by atoms with van der Waals surface area (Å²) in [5.41, 5.74) is 0. The third kappa shape index (κ3) is 1.55. The molecular formula is C7H10INO2. The predicted octanol–water partition coefficient (Wildman–Crippen LogP) is 0.815. The number of carbonyl (C=O) groups is 2. The molecule has 2 unspecified atom stereocenters. The molecule has 4 heteroatoms. The van der Waals surface area contributed by atoms with E-state index in [4.69, 9.17) is 0 Å². The second-order valence-corrected chi connectivity index (χ2v) is 4.22. The summed E-state index contributed by atoms with van der Waals surface area (Å²) in [4.78, 5) is 23.5. The van der Waals surface area contributed by atoms with E-state index < -0.39 is 0 Å². The van der Waals surface area contributed by atoms with Gasteiger partial charge in [0, 0.05) is 13.5 Å². The van der Waals surface area contributed by atoms with Crippen LogP contribution in [0.3, 0.4) is 0 Å². The van der Waals surface area contributed by atoms with Crippen LogP contribution in [0.2, 0.25) is 0 Å². The zero-order chi connectivity index (χ0) is 8.59. The number of imide groups is 1. The molecule has 1 rings (SSSR count). The molecule has 0 N–H and O–H groups in total. The largest absolute Gasteiger partial charge is 0.285 e. The molecule has 1 aliphatic heterocycles. The van der Waals surface area contributed by atoms with Gasteiger partial charge in [0.25, 0.3) is 0 Å². The average Bonchev–Trinajstić information content (AvgIpc) is 1.97. The van der Waals surface area contributed by atoms with Crippen LogP contribution in [0.15, 0.2) is 0 Å². The standard InChI is InChI=1S/C7H10INO2/c1-4-3-5(10)9(2)7(11)6(4)8/h4,6H,3H2,1-2H3. The fourth-order valence-electron chi connectivity index (χ4n) is 1.07. The second kappa shape index (κ2) is 3.08. The highest BCUT2D eigenvalue weighted by molar-refractivity contribution is 14.1. The Morgan fingerprint density at radius 1 is 1.55 bits per heavy atom. The molecule has 0 aromatic rings. The van der Waals surface area contributed by atoms with Crippen LogP contribution in [0.4, 0.5) is 0 Å². The monoisotopic (exact) mass is 267 g/mol.